The first-order valence-corrected chi connectivity index (χ1v) is 7.17. The number of nitrogens with one attached hydrogen (secondary N) is 1. The molecule has 5 heteroatoms. The summed E-state index contributed by atoms with van der Waals surface area (Å²) in [6.45, 7) is 4.86. The first kappa shape index (κ1) is 16.7. The minimum atomic E-state index is 0.263. The molecule has 1 aromatic carbocycles. The van der Waals surface area contributed by atoms with Crippen molar-refractivity contribution in [3.05, 3.63) is 33.8 Å². The van der Waals surface area contributed by atoms with Crippen molar-refractivity contribution >= 4 is 23.2 Å². The number of hydrogen-bond donors (Lipinski definition) is 1. The maximum Gasteiger partial charge on any atom is 0.0701 e. The van der Waals surface area contributed by atoms with Crippen LogP contribution in [0.4, 0.5) is 0 Å². The van der Waals surface area contributed by atoms with Crippen LogP contribution in [0.2, 0.25) is 10.0 Å². The smallest absolute Gasteiger partial charge is 0.0701 e. The van der Waals surface area contributed by atoms with Gasteiger partial charge in [-0.25, -0.2) is 0 Å². The molecule has 1 unspecified atom stereocenters. The van der Waals surface area contributed by atoms with Crippen molar-refractivity contribution in [3.8, 4) is 0 Å². The van der Waals surface area contributed by atoms with Crippen LogP contribution >= 0.6 is 23.2 Å². The molecule has 0 saturated heterocycles. The van der Waals surface area contributed by atoms with Gasteiger partial charge in [0.05, 0.1) is 29.9 Å². The van der Waals surface area contributed by atoms with Gasteiger partial charge in [0.2, 0.25) is 0 Å². The normalized spacial score (nSPS) is 12.6. The second kappa shape index (κ2) is 9.56. The van der Waals surface area contributed by atoms with Gasteiger partial charge < -0.3 is 14.8 Å². The van der Waals surface area contributed by atoms with E-state index in [1.165, 1.54) is 0 Å². The van der Waals surface area contributed by atoms with Crippen molar-refractivity contribution in [1.29, 1.82) is 0 Å². The number of likely N-dealkylation sites (N-methyl/N-ethyl adjacent to an activating group) is 1. The summed E-state index contributed by atoms with van der Waals surface area (Å²) in [5, 5.41) is 4.58. The van der Waals surface area contributed by atoms with Gasteiger partial charge in [0, 0.05) is 13.2 Å². The van der Waals surface area contributed by atoms with E-state index in [1.54, 1.807) is 7.11 Å². The molecule has 0 radical (unpaired) electrons. The van der Waals surface area contributed by atoms with Crippen molar-refractivity contribution < 1.29 is 9.47 Å². The third kappa shape index (κ3) is 6.59. The predicted octanol–water partition coefficient (Wildman–Crippen LogP) is 3.18. The molecule has 1 rings (SSSR count). The molecule has 0 aromatic heterocycles. The van der Waals surface area contributed by atoms with E-state index < -0.39 is 0 Å². The van der Waals surface area contributed by atoms with Crippen LogP contribution in [-0.4, -0.2) is 39.5 Å². The lowest BCUT2D eigenvalue weighted by Gasteiger charge is -2.18. The highest BCUT2D eigenvalue weighted by molar-refractivity contribution is 6.42. The Balaban J connectivity index is 2.49. The molecule has 0 amide bonds. The Morgan fingerprint density at radius 1 is 1.21 bits per heavy atom. The molecular weight excluding hydrogens is 285 g/mol. The van der Waals surface area contributed by atoms with Gasteiger partial charge in [0.25, 0.3) is 0 Å². The molecule has 0 heterocycles. The first-order valence-electron chi connectivity index (χ1n) is 6.41. The molecule has 0 fully saturated rings. The van der Waals surface area contributed by atoms with E-state index in [1.807, 2.05) is 18.2 Å². The molecule has 19 heavy (non-hydrogen) atoms. The molecule has 1 N–H and O–H groups in total. The Morgan fingerprint density at radius 2 is 2.00 bits per heavy atom. The summed E-state index contributed by atoms with van der Waals surface area (Å²) in [6, 6.07) is 5.99. The van der Waals surface area contributed by atoms with E-state index in [4.69, 9.17) is 32.7 Å². The highest BCUT2D eigenvalue weighted by Gasteiger charge is 2.10. The zero-order chi connectivity index (χ0) is 14.1. The van der Waals surface area contributed by atoms with E-state index in [9.17, 15) is 0 Å². The van der Waals surface area contributed by atoms with Gasteiger partial charge in [-0.2, -0.15) is 0 Å². The molecule has 0 bridgehead atoms. The summed E-state index contributed by atoms with van der Waals surface area (Å²) >= 11 is 11.9. The largest absolute Gasteiger partial charge is 0.382 e. The monoisotopic (exact) mass is 305 g/mol. The molecule has 3 nitrogen and oxygen atoms in total. The molecule has 0 spiro atoms. The molecule has 108 valence electrons. The van der Waals surface area contributed by atoms with Crippen LogP contribution in [0.1, 0.15) is 12.5 Å². The summed E-state index contributed by atoms with van der Waals surface area (Å²) in [4.78, 5) is 0. The van der Waals surface area contributed by atoms with Crippen molar-refractivity contribution in [2.75, 3.05) is 33.5 Å². The molecule has 0 saturated carbocycles. The molecule has 1 aromatic rings. The average molecular weight is 306 g/mol. The zero-order valence-corrected chi connectivity index (χ0v) is 12.9. The highest BCUT2D eigenvalue weighted by atomic mass is 35.5. The SMILES string of the molecule is CCNC(COCCOC)Cc1ccc(Cl)c(Cl)c1. The molecule has 0 aliphatic rings. The van der Waals surface area contributed by atoms with Gasteiger partial charge >= 0.3 is 0 Å². The Hall–Kier alpha value is -0.320. The van der Waals surface area contributed by atoms with Gasteiger partial charge in [-0.3, -0.25) is 0 Å². The number of benzene rings is 1. The van der Waals surface area contributed by atoms with Crippen LogP contribution in [0.15, 0.2) is 18.2 Å². The number of hydrogen-bond acceptors (Lipinski definition) is 3. The summed E-state index contributed by atoms with van der Waals surface area (Å²) < 4.78 is 10.5. The molecule has 0 aliphatic carbocycles. The Morgan fingerprint density at radius 3 is 2.63 bits per heavy atom. The van der Waals surface area contributed by atoms with Gasteiger partial charge in [-0.1, -0.05) is 36.2 Å². The van der Waals surface area contributed by atoms with Gasteiger partial charge in [-0.15, -0.1) is 0 Å². The third-order valence-electron chi connectivity index (χ3n) is 2.71. The molecular formula is C14H21Cl2NO2. The number of halogens is 2. The number of rotatable bonds is 9. The quantitative estimate of drug-likeness (QED) is 0.711. The summed E-state index contributed by atoms with van der Waals surface area (Å²) in [5.41, 5.74) is 1.15. The van der Waals surface area contributed by atoms with E-state index in [2.05, 4.69) is 12.2 Å². The molecule has 1 atom stereocenters. The predicted molar refractivity (Wildman–Crippen MR) is 80.3 cm³/mol. The van der Waals surface area contributed by atoms with Crippen LogP contribution in [0.5, 0.6) is 0 Å². The maximum atomic E-state index is 6.02. The lowest BCUT2D eigenvalue weighted by molar-refractivity contribution is 0.0589. The van der Waals surface area contributed by atoms with Crippen LogP contribution < -0.4 is 5.32 Å². The highest BCUT2D eigenvalue weighted by Crippen LogP contribution is 2.23. The van der Waals surface area contributed by atoms with Crippen molar-refractivity contribution in [3.63, 3.8) is 0 Å². The maximum absolute atomic E-state index is 6.02. The average Bonchev–Trinajstić information content (AvgIpc) is 2.39. The van der Waals surface area contributed by atoms with Crippen molar-refractivity contribution in [1.82, 2.24) is 5.32 Å². The minimum absolute atomic E-state index is 0.263. The number of ether oxygens (including phenoxy) is 2. The zero-order valence-electron chi connectivity index (χ0n) is 11.4. The van der Waals surface area contributed by atoms with E-state index in [-0.39, 0.29) is 6.04 Å². The van der Waals surface area contributed by atoms with Crippen molar-refractivity contribution in [2.24, 2.45) is 0 Å². The summed E-state index contributed by atoms with van der Waals surface area (Å²) in [6.07, 6.45) is 0.859. The van der Waals surface area contributed by atoms with Crippen LogP contribution in [-0.2, 0) is 15.9 Å². The van der Waals surface area contributed by atoms with Crippen LogP contribution in [0.3, 0.4) is 0 Å². The van der Waals surface area contributed by atoms with E-state index in [0.29, 0.717) is 29.9 Å². The van der Waals surface area contributed by atoms with Crippen LogP contribution in [0, 0.1) is 0 Å². The lowest BCUT2D eigenvalue weighted by Crippen LogP contribution is -2.35. The number of methoxy groups -OCH3 is 1. The Labute approximate surface area is 125 Å². The minimum Gasteiger partial charge on any atom is -0.382 e. The fourth-order valence-electron chi connectivity index (χ4n) is 1.80. The van der Waals surface area contributed by atoms with Gasteiger partial charge in [0.15, 0.2) is 0 Å². The van der Waals surface area contributed by atoms with Gasteiger partial charge in [0.1, 0.15) is 0 Å². The summed E-state index contributed by atoms with van der Waals surface area (Å²) in [7, 11) is 1.67. The third-order valence-corrected chi connectivity index (χ3v) is 3.45. The van der Waals surface area contributed by atoms with E-state index in [0.717, 1.165) is 18.5 Å². The second-order valence-corrected chi connectivity index (χ2v) is 5.09. The van der Waals surface area contributed by atoms with Crippen molar-refractivity contribution in [2.45, 2.75) is 19.4 Å². The first-order chi connectivity index (χ1) is 9.17. The standard InChI is InChI=1S/C14H21Cl2NO2/c1-3-17-12(10-19-7-6-18-2)8-11-4-5-13(15)14(16)9-11/h4-5,9,12,17H,3,6-8,10H2,1-2H3. The van der Waals surface area contributed by atoms with E-state index >= 15 is 0 Å². The fourth-order valence-corrected chi connectivity index (χ4v) is 2.12. The second-order valence-electron chi connectivity index (χ2n) is 4.27. The van der Waals surface area contributed by atoms with Gasteiger partial charge in [-0.05, 0) is 30.7 Å². The fraction of sp³-hybridized carbons (Fsp3) is 0.571. The lowest BCUT2D eigenvalue weighted by atomic mass is 10.1. The van der Waals surface area contributed by atoms with Crippen LogP contribution in [0.25, 0.3) is 0 Å². The Kier molecular flexibility index (Phi) is 8.42. The molecule has 0 aliphatic heterocycles. The topological polar surface area (TPSA) is 30.5 Å². The summed E-state index contributed by atoms with van der Waals surface area (Å²) in [5.74, 6) is 0. The Bertz CT molecular complexity index is 374.